The Bertz CT molecular complexity index is 666. The average molecular weight is 555 g/mol. The number of nitrogens with one attached hydrogen (secondary N) is 1. The third-order valence-electron chi connectivity index (χ3n) is 4.68. The minimum atomic E-state index is -1.01. The fourth-order valence-electron chi connectivity index (χ4n) is 2.98. The van der Waals surface area contributed by atoms with E-state index in [4.69, 9.17) is 52.9 Å². The first-order valence-electron chi connectivity index (χ1n) is 13.3. The second-order valence-electron chi connectivity index (χ2n) is 9.61. The second kappa shape index (κ2) is 24.5. The zero-order chi connectivity index (χ0) is 29.1. The predicted octanol–water partition coefficient (Wildman–Crippen LogP) is 3.28. The number of nitrogens with zero attached hydrogens (tertiary/aromatic N) is 3. The van der Waals surface area contributed by atoms with Crippen molar-refractivity contribution in [3.8, 4) is 0 Å². The van der Waals surface area contributed by atoms with Crippen molar-refractivity contribution in [3.63, 3.8) is 0 Å². The molecular formula is C27H46N4O8. The molecule has 0 saturated carbocycles. The first kappa shape index (κ1) is 36.5. The number of amides is 1. The number of hydrogen-bond donors (Lipinski definition) is 1. The first-order valence-corrected chi connectivity index (χ1v) is 13.3. The van der Waals surface area contributed by atoms with Crippen molar-refractivity contribution in [3.05, 3.63) is 34.3 Å². The molecule has 0 aromatic heterocycles. The van der Waals surface area contributed by atoms with Crippen molar-refractivity contribution in [1.82, 2.24) is 5.32 Å². The van der Waals surface area contributed by atoms with Gasteiger partial charge in [0.2, 0.25) is 19.6 Å². The summed E-state index contributed by atoms with van der Waals surface area (Å²) in [6.07, 6.45) is 1.29. The summed E-state index contributed by atoms with van der Waals surface area (Å²) in [6.45, 7) is 30.8. The Balaban J connectivity index is 5.05. The van der Waals surface area contributed by atoms with Gasteiger partial charge in [0.25, 0.3) is 0 Å². The maximum atomic E-state index is 12.7. The van der Waals surface area contributed by atoms with Crippen molar-refractivity contribution in [2.75, 3.05) is 98.9 Å². The SMILES string of the molecule is [C-]#[N+]CCOCCCOCC(COCCCOCC[N+]#[C-])(COCCCOCC[N+]#[C-])NC(=O)OC(C)(C)C. The van der Waals surface area contributed by atoms with Gasteiger partial charge in [-0.3, -0.25) is 0 Å². The molecule has 0 saturated heterocycles. The smallest absolute Gasteiger partial charge is 0.408 e. The number of alkyl carbamates (subject to hydrolysis) is 1. The molecule has 0 unspecified atom stereocenters. The van der Waals surface area contributed by atoms with Crippen molar-refractivity contribution >= 4 is 6.09 Å². The molecular weight excluding hydrogens is 508 g/mol. The summed E-state index contributed by atoms with van der Waals surface area (Å²) in [6, 6.07) is 0. The molecule has 0 aliphatic heterocycles. The lowest BCUT2D eigenvalue weighted by Crippen LogP contribution is -2.59. The fourth-order valence-corrected chi connectivity index (χ4v) is 2.98. The average Bonchev–Trinajstić information content (AvgIpc) is 2.87. The highest BCUT2D eigenvalue weighted by molar-refractivity contribution is 5.69. The van der Waals surface area contributed by atoms with Gasteiger partial charge < -0.3 is 53.0 Å². The molecule has 0 heterocycles. The molecule has 1 N–H and O–H groups in total. The Kier molecular flexibility index (Phi) is 23.0. The first-order chi connectivity index (χ1) is 18.8. The lowest BCUT2D eigenvalue weighted by atomic mass is 10.0. The van der Waals surface area contributed by atoms with E-state index in [2.05, 4.69) is 19.9 Å². The van der Waals surface area contributed by atoms with Crippen molar-refractivity contribution in [1.29, 1.82) is 0 Å². The van der Waals surface area contributed by atoms with E-state index >= 15 is 0 Å². The van der Waals surface area contributed by atoms with Crippen LogP contribution < -0.4 is 5.32 Å². The third kappa shape index (κ3) is 24.3. The molecule has 222 valence electrons. The van der Waals surface area contributed by atoms with E-state index in [0.29, 0.717) is 98.4 Å². The summed E-state index contributed by atoms with van der Waals surface area (Å²) in [7, 11) is 0. The van der Waals surface area contributed by atoms with Crippen LogP contribution in [0.25, 0.3) is 14.5 Å². The van der Waals surface area contributed by atoms with Gasteiger partial charge in [-0.1, -0.05) is 0 Å². The minimum Gasteiger partial charge on any atom is -0.444 e. The largest absolute Gasteiger partial charge is 0.444 e. The molecule has 0 spiro atoms. The Morgan fingerprint density at radius 2 is 0.923 bits per heavy atom. The van der Waals surface area contributed by atoms with E-state index in [1.165, 1.54) is 0 Å². The molecule has 0 atom stereocenters. The highest BCUT2D eigenvalue weighted by Crippen LogP contribution is 2.14. The van der Waals surface area contributed by atoms with E-state index < -0.39 is 17.2 Å². The van der Waals surface area contributed by atoms with Gasteiger partial charge in [-0.25, -0.2) is 24.5 Å². The molecule has 0 radical (unpaired) electrons. The van der Waals surface area contributed by atoms with Gasteiger partial charge in [0.15, 0.2) is 0 Å². The molecule has 0 aliphatic rings. The topological polar surface area (TPSA) is 107 Å². The van der Waals surface area contributed by atoms with Crippen LogP contribution in [0.5, 0.6) is 0 Å². The summed E-state index contributed by atoms with van der Waals surface area (Å²) in [5, 5.41) is 2.91. The molecule has 12 heteroatoms. The minimum absolute atomic E-state index is 0.122. The monoisotopic (exact) mass is 554 g/mol. The standard InChI is InChI=1S/C27H46N4O8/c1-26(2,3)39-25(32)31-27(22-36-16-7-13-33-19-10-28-4,23-37-17-8-14-34-20-11-29-5)24-38-18-9-15-35-21-12-30-6/h7-24H2,1-3H3,(H,31,32). The summed E-state index contributed by atoms with van der Waals surface area (Å²) >= 11 is 0. The van der Waals surface area contributed by atoms with E-state index in [0.717, 1.165) is 0 Å². The fraction of sp³-hybridized carbons (Fsp3) is 0.852. The third-order valence-corrected chi connectivity index (χ3v) is 4.68. The molecule has 39 heavy (non-hydrogen) atoms. The Morgan fingerprint density at radius 1 is 0.590 bits per heavy atom. The van der Waals surface area contributed by atoms with Crippen LogP contribution in [0, 0.1) is 19.7 Å². The van der Waals surface area contributed by atoms with E-state index in [1.54, 1.807) is 20.8 Å². The molecule has 0 aliphatic carbocycles. The second-order valence-corrected chi connectivity index (χ2v) is 9.61. The Hall–Kier alpha value is -2.50. The number of carbonyl (C=O) groups is 1. The van der Waals surface area contributed by atoms with Gasteiger partial charge in [-0.05, 0) is 40.0 Å². The summed E-state index contributed by atoms with van der Waals surface area (Å²) in [4.78, 5) is 22.5. The van der Waals surface area contributed by atoms with Crippen LogP contribution in [0.1, 0.15) is 40.0 Å². The van der Waals surface area contributed by atoms with Gasteiger partial charge in [-0.2, -0.15) is 0 Å². The Labute approximate surface area is 234 Å². The maximum Gasteiger partial charge on any atom is 0.408 e. The summed E-state index contributed by atoms with van der Waals surface area (Å²) in [5.41, 5.74) is -1.70. The molecule has 1 amide bonds. The van der Waals surface area contributed by atoms with Crippen molar-refractivity contribution in [2.24, 2.45) is 0 Å². The maximum absolute atomic E-state index is 12.7. The molecule has 0 aromatic rings. The quantitative estimate of drug-likeness (QED) is 0.135. The molecule has 0 aromatic carbocycles. The number of hydrogen-bond acceptors (Lipinski definition) is 8. The summed E-state index contributed by atoms with van der Waals surface area (Å²) < 4.78 is 39.4. The molecule has 0 rings (SSSR count). The zero-order valence-corrected chi connectivity index (χ0v) is 23.8. The van der Waals surface area contributed by atoms with Gasteiger partial charge in [0.1, 0.15) is 31.0 Å². The molecule has 0 fully saturated rings. The van der Waals surface area contributed by atoms with E-state index in [-0.39, 0.29) is 19.8 Å². The Morgan fingerprint density at radius 3 is 1.23 bits per heavy atom. The van der Waals surface area contributed by atoms with E-state index in [1.807, 2.05) is 0 Å². The van der Waals surface area contributed by atoms with Crippen LogP contribution in [-0.2, 0) is 33.2 Å². The van der Waals surface area contributed by atoms with Crippen molar-refractivity contribution < 1.29 is 38.0 Å². The molecule has 12 nitrogen and oxygen atoms in total. The normalized spacial score (nSPS) is 11.4. The van der Waals surface area contributed by atoms with Crippen LogP contribution >= 0.6 is 0 Å². The van der Waals surface area contributed by atoms with Gasteiger partial charge >= 0.3 is 6.09 Å². The van der Waals surface area contributed by atoms with Gasteiger partial charge in [0.05, 0.1) is 19.8 Å². The lowest BCUT2D eigenvalue weighted by Gasteiger charge is -2.35. The zero-order valence-electron chi connectivity index (χ0n) is 23.8. The van der Waals surface area contributed by atoms with Crippen molar-refractivity contribution in [2.45, 2.75) is 51.2 Å². The van der Waals surface area contributed by atoms with Crippen LogP contribution in [0.2, 0.25) is 0 Å². The van der Waals surface area contributed by atoms with Crippen LogP contribution in [0.15, 0.2) is 0 Å². The van der Waals surface area contributed by atoms with Crippen LogP contribution in [0.4, 0.5) is 4.79 Å². The highest BCUT2D eigenvalue weighted by Gasteiger charge is 2.35. The summed E-state index contributed by atoms with van der Waals surface area (Å²) in [5.74, 6) is 0. The van der Waals surface area contributed by atoms with Crippen LogP contribution in [0.3, 0.4) is 0 Å². The van der Waals surface area contributed by atoms with Gasteiger partial charge in [-0.15, -0.1) is 0 Å². The number of carbonyl (C=O) groups excluding carboxylic acids is 1. The van der Waals surface area contributed by atoms with Crippen LogP contribution in [-0.4, -0.2) is 116 Å². The highest BCUT2D eigenvalue weighted by atomic mass is 16.6. The lowest BCUT2D eigenvalue weighted by molar-refractivity contribution is -0.0501. The predicted molar refractivity (Wildman–Crippen MR) is 145 cm³/mol. The molecule has 0 bridgehead atoms. The van der Waals surface area contributed by atoms with E-state index in [9.17, 15) is 4.79 Å². The van der Waals surface area contributed by atoms with Gasteiger partial charge in [0, 0.05) is 39.6 Å². The number of rotatable bonds is 25. The number of ether oxygens (including phenoxy) is 7.